The summed E-state index contributed by atoms with van der Waals surface area (Å²) in [6, 6.07) is 12.0. The Morgan fingerprint density at radius 2 is 1.89 bits per heavy atom. The van der Waals surface area contributed by atoms with E-state index in [-0.39, 0.29) is 12.6 Å². The first kappa shape index (κ1) is 10.9. The molecule has 0 bridgehead atoms. The second-order valence-corrected chi connectivity index (χ2v) is 4.01. The summed E-state index contributed by atoms with van der Waals surface area (Å²) >= 11 is 0. The molecule has 1 heterocycles. The molecule has 1 aliphatic rings. The maximum Gasteiger partial charge on any atom is 0.231 e. The third-order valence-electron chi connectivity index (χ3n) is 2.81. The van der Waals surface area contributed by atoms with E-state index in [4.69, 9.17) is 9.47 Å². The molecule has 18 heavy (non-hydrogen) atoms. The lowest BCUT2D eigenvalue weighted by atomic mass is 10.2. The molecular weight excluding hydrogens is 233 g/mol. The summed E-state index contributed by atoms with van der Waals surface area (Å²) in [5.41, 5.74) is 1.89. The molecule has 0 saturated heterocycles. The fourth-order valence-corrected chi connectivity index (χ4v) is 1.89. The second kappa shape index (κ2) is 4.56. The monoisotopic (exact) mass is 245 g/mol. The third kappa shape index (κ3) is 2.09. The van der Waals surface area contributed by atoms with Gasteiger partial charge in [0.05, 0.1) is 0 Å². The minimum atomic E-state index is -0.238. The van der Waals surface area contributed by atoms with Crippen molar-refractivity contribution in [2.24, 2.45) is 0 Å². The summed E-state index contributed by atoms with van der Waals surface area (Å²) < 4.78 is 23.5. The first-order valence-electron chi connectivity index (χ1n) is 5.70. The zero-order valence-electron chi connectivity index (χ0n) is 9.65. The van der Waals surface area contributed by atoms with Gasteiger partial charge in [0, 0.05) is 17.8 Å². The fourth-order valence-electron chi connectivity index (χ4n) is 1.89. The number of ether oxygens (including phenoxy) is 2. The minimum absolute atomic E-state index is 0.238. The van der Waals surface area contributed by atoms with Crippen LogP contribution in [-0.4, -0.2) is 6.79 Å². The lowest BCUT2D eigenvalue weighted by molar-refractivity contribution is 0.173. The highest BCUT2D eigenvalue weighted by Crippen LogP contribution is 2.35. The molecule has 4 heteroatoms. The predicted molar refractivity (Wildman–Crippen MR) is 66.3 cm³/mol. The molecule has 0 atom stereocenters. The zero-order chi connectivity index (χ0) is 12.4. The van der Waals surface area contributed by atoms with E-state index >= 15 is 0 Å². The van der Waals surface area contributed by atoms with Crippen LogP contribution in [0.5, 0.6) is 11.5 Å². The van der Waals surface area contributed by atoms with E-state index in [1.807, 2.05) is 18.2 Å². The van der Waals surface area contributed by atoms with Gasteiger partial charge in [0.1, 0.15) is 5.82 Å². The van der Waals surface area contributed by atoms with Crippen LogP contribution in [0.3, 0.4) is 0 Å². The minimum Gasteiger partial charge on any atom is -0.454 e. The van der Waals surface area contributed by atoms with Gasteiger partial charge in [-0.25, -0.2) is 4.39 Å². The highest BCUT2D eigenvalue weighted by molar-refractivity contribution is 5.51. The Morgan fingerprint density at radius 1 is 1.06 bits per heavy atom. The molecule has 0 spiro atoms. The summed E-state index contributed by atoms with van der Waals surface area (Å²) in [6.45, 7) is 0.876. The van der Waals surface area contributed by atoms with Crippen molar-refractivity contribution in [2.75, 3.05) is 12.1 Å². The molecule has 0 unspecified atom stereocenters. The average molecular weight is 245 g/mol. The van der Waals surface area contributed by atoms with Gasteiger partial charge in [0.25, 0.3) is 0 Å². The first-order valence-corrected chi connectivity index (χ1v) is 5.70. The van der Waals surface area contributed by atoms with Crippen LogP contribution >= 0.6 is 0 Å². The third-order valence-corrected chi connectivity index (χ3v) is 2.81. The Balaban J connectivity index is 1.74. The SMILES string of the molecule is Fc1ccc(NCc2cccc3c2OCO3)cc1. The Kier molecular flexibility index (Phi) is 2.76. The van der Waals surface area contributed by atoms with E-state index in [1.54, 1.807) is 12.1 Å². The molecule has 0 aliphatic carbocycles. The van der Waals surface area contributed by atoms with Gasteiger partial charge in [-0.15, -0.1) is 0 Å². The van der Waals surface area contributed by atoms with Crippen molar-refractivity contribution in [3.8, 4) is 11.5 Å². The normalized spacial score (nSPS) is 12.5. The largest absolute Gasteiger partial charge is 0.454 e. The zero-order valence-corrected chi connectivity index (χ0v) is 9.65. The number of halogens is 1. The van der Waals surface area contributed by atoms with Crippen molar-refractivity contribution >= 4 is 5.69 Å². The van der Waals surface area contributed by atoms with Crippen LogP contribution in [0, 0.1) is 5.82 Å². The summed E-state index contributed by atoms with van der Waals surface area (Å²) in [7, 11) is 0. The lowest BCUT2D eigenvalue weighted by Crippen LogP contribution is -2.01. The summed E-state index contributed by atoms with van der Waals surface area (Å²) in [5.74, 6) is 1.32. The Hall–Kier alpha value is -2.23. The number of fused-ring (bicyclic) bond motifs is 1. The van der Waals surface area contributed by atoms with Crippen molar-refractivity contribution in [2.45, 2.75) is 6.54 Å². The molecule has 0 fully saturated rings. The van der Waals surface area contributed by atoms with E-state index < -0.39 is 0 Å². The van der Waals surface area contributed by atoms with Gasteiger partial charge in [-0.3, -0.25) is 0 Å². The summed E-state index contributed by atoms with van der Waals surface area (Å²) in [6.07, 6.45) is 0. The molecular formula is C14H12FNO2. The van der Waals surface area contributed by atoms with Gasteiger partial charge in [-0.2, -0.15) is 0 Å². The van der Waals surface area contributed by atoms with E-state index in [1.165, 1.54) is 12.1 Å². The fraction of sp³-hybridized carbons (Fsp3) is 0.143. The first-order chi connectivity index (χ1) is 8.83. The van der Waals surface area contributed by atoms with E-state index in [9.17, 15) is 4.39 Å². The van der Waals surface area contributed by atoms with Crippen LogP contribution < -0.4 is 14.8 Å². The van der Waals surface area contributed by atoms with Gasteiger partial charge in [-0.1, -0.05) is 12.1 Å². The van der Waals surface area contributed by atoms with Crippen molar-refractivity contribution in [3.05, 3.63) is 53.8 Å². The van der Waals surface area contributed by atoms with Crippen molar-refractivity contribution in [3.63, 3.8) is 0 Å². The topological polar surface area (TPSA) is 30.5 Å². The summed E-state index contributed by atoms with van der Waals surface area (Å²) in [5, 5.41) is 3.22. The van der Waals surface area contributed by atoms with Crippen LogP contribution in [0.25, 0.3) is 0 Å². The van der Waals surface area contributed by atoms with Crippen LogP contribution in [0.4, 0.5) is 10.1 Å². The van der Waals surface area contributed by atoms with Crippen molar-refractivity contribution in [1.82, 2.24) is 0 Å². The van der Waals surface area contributed by atoms with E-state index in [0.717, 1.165) is 22.7 Å². The number of anilines is 1. The van der Waals surface area contributed by atoms with Crippen molar-refractivity contribution < 1.29 is 13.9 Å². The smallest absolute Gasteiger partial charge is 0.231 e. The van der Waals surface area contributed by atoms with Crippen LogP contribution in [0.1, 0.15) is 5.56 Å². The van der Waals surface area contributed by atoms with Crippen molar-refractivity contribution in [1.29, 1.82) is 0 Å². The lowest BCUT2D eigenvalue weighted by Gasteiger charge is -2.08. The number of rotatable bonds is 3. The molecule has 2 aromatic carbocycles. The van der Waals surface area contributed by atoms with Gasteiger partial charge in [0.2, 0.25) is 6.79 Å². The number of benzene rings is 2. The van der Waals surface area contributed by atoms with E-state index in [0.29, 0.717) is 6.54 Å². The molecule has 0 amide bonds. The molecule has 2 aromatic rings. The second-order valence-electron chi connectivity index (χ2n) is 4.01. The van der Waals surface area contributed by atoms with Gasteiger partial charge >= 0.3 is 0 Å². The molecule has 92 valence electrons. The number of hydrogen-bond acceptors (Lipinski definition) is 3. The molecule has 3 nitrogen and oxygen atoms in total. The Labute approximate surface area is 104 Å². The van der Waals surface area contributed by atoms with Crippen LogP contribution in [0.15, 0.2) is 42.5 Å². The van der Waals surface area contributed by atoms with Gasteiger partial charge in [-0.05, 0) is 30.3 Å². The van der Waals surface area contributed by atoms with Gasteiger partial charge < -0.3 is 14.8 Å². The van der Waals surface area contributed by atoms with Crippen LogP contribution in [0.2, 0.25) is 0 Å². The van der Waals surface area contributed by atoms with Crippen LogP contribution in [-0.2, 0) is 6.54 Å². The Bertz CT molecular complexity index is 554. The number of para-hydroxylation sites is 1. The number of hydrogen-bond donors (Lipinski definition) is 1. The highest BCUT2D eigenvalue weighted by Gasteiger charge is 2.16. The molecule has 1 aliphatic heterocycles. The molecule has 0 radical (unpaired) electrons. The molecule has 0 saturated carbocycles. The molecule has 0 aromatic heterocycles. The Morgan fingerprint density at radius 3 is 2.72 bits per heavy atom. The number of nitrogens with one attached hydrogen (secondary N) is 1. The quantitative estimate of drug-likeness (QED) is 0.901. The molecule has 1 N–H and O–H groups in total. The highest BCUT2D eigenvalue weighted by atomic mass is 19.1. The standard InChI is InChI=1S/C14H12FNO2/c15-11-4-6-12(7-5-11)16-8-10-2-1-3-13-14(10)18-9-17-13/h1-7,16H,8-9H2. The van der Waals surface area contributed by atoms with E-state index in [2.05, 4.69) is 5.32 Å². The maximum atomic E-state index is 12.8. The molecule has 3 rings (SSSR count). The maximum absolute atomic E-state index is 12.8. The predicted octanol–water partition coefficient (Wildman–Crippen LogP) is 3.17. The van der Waals surface area contributed by atoms with Gasteiger partial charge in [0.15, 0.2) is 11.5 Å². The average Bonchev–Trinajstić information content (AvgIpc) is 2.87. The summed E-state index contributed by atoms with van der Waals surface area (Å²) in [4.78, 5) is 0.